The normalized spacial score (nSPS) is 15.4. The number of rotatable bonds is 4. The highest BCUT2D eigenvalue weighted by molar-refractivity contribution is 6.02. The van der Waals surface area contributed by atoms with Crippen LogP contribution in [-0.4, -0.2) is 33.0 Å². The molecule has 0 saturated carbocycles. The van der Waals surface area contributed by atoms with Crippen molar-refractivity contribution < 1.29 is 14.6 Å². The predicted octanol–water partition coefficient (Wildman–Crippen LogP) is 3.69. The van der Waals surface area contributed by atoms with Gasteiger partial charge >= 0.3 is 0 Å². The van der Waals surface area contributed by atoms with Gasteiger partial charge in [0.25, 0.3) is 5.56 Å². The van der Waals surface area contributed by atoms with E-state index in [0.717, 1.165) is 0 Å². The zero-order valence-electron chi connectivity index (χ0n) is 17.3. The van der Waals surface area contributed by atoms with Crippen LogP contribution in [0.1, 0.15) is 33.8 Å². The van der Waals surface area contributed by atoms with Crippen LogP contribution in [0.15, 0.2) is 59.5 Å². The van der Waals surface area contributed by atoms with E-state index < -0.39 is 0 Å². The summed E-state index contributed by atoms with van der Waals surface area (Å²) in [4.78, 5) is 37.4. The topological polar surface area (TPSA) is 117 Å². The molecule has 1 atom stereocenters. The summed E-state index contributed by atoms with van der Waals surface area (Å²) in [5.41, 5.74) is 2.23. The number of phenolic OH excluding ortho intramolecular Hbond substituents is 1. The highest BCUT2D eigenvalue weighted by Crippen LogP contribution is 2.38. The summed E-state index contributed by atoms with van der Waals surface area (Å²) in [6.45, 7) is 0. The van der Waals surface area contributed by atoms with Crippen molar-refractivity contribution in [3.8, 4) is 11.5 Å². The number of ketones is 1. The SMILES string of the molecule is COc1ccccc1Nc1nc2ncc3c(c2c(=O)[nH]1)C[C@H](c1ccccc1O)CC3=O. The zero-order valence-corrected chi connectivity index (χ0v) is 17.3. The van der Waals surface area contributed by atoms with Crippen LogP contribution in [0.5, 0.6) is 11.5 Å². The number of benzene rings is 2. The molecule has 8 heteroatoms. The second-order valence-electron chi connectivity index (χ2n) is 7.68. The average molecular weight is 428 g/mol. The van der Waals surface area contributed by atoms with Crippen LogP contribution in [-0.2, 0) is 6.42 Å². The molecule has 0 bridgehead atoms. The Morgan fingerprint density at radius 1 is 1.09 bits per heavy atom. The third-order valence-corrected chi connectivity index (χ3v) is 5.76. The van der Waals surface area contributed by atoms with Crippen molar-refractivity contribution in [1.82, 2.24) is 15.0 Å². The second kappa shape index (κ2) is 7.81. The van der Waals surface area contributed by atoms with Gasteiger partial charge in [-0.3, -0.25) is 14.6 Å². The first-order chi connectivity index (χ1) is 15.5. The summed E-state index contributed by atoms with van der Waals surface area (Å²) in [5.74, 6) is 0.628. The molecule has 0 amide bonds. The van der Waals surface area contributed by atoms with Crippen LogP contribution in [0, 0.1) is 0 Å². The average Bonchev–Trinajstić information content (AvgIpc) is 2.79. The number of carbonyl (C=O) groups excluding carboxylic acids is 1. The molecule has 0 spiro atoms. The summed E-state index contributed by atoms with van der Waals surface area (Å²) in [5, 5.41) is 13.6. The van der Waals surface area contributed by atoms with Crippen LogP contribution in [0.2, 0.25) is 0 Å². The number of nitrogens with one attached hydrogen (secondary N) is 2. The van der Waals surface area contributed by atoms with Gasteiger partial charge < -0.3 is 15.2 Å². The van der Waals surface area contributed by atoms with Gasteiger partial charge in [0.2, 0.25) is 5.95 Å². The Hall–Kier alpha value is -4.20. The van der Waals surface area contributed by atoms with Crippen molar-refractivity contribution in [2.24, 2.45) is 0 Å². The molecule has 0 saturated heterocycles. The minimum absolute atomic E-state index is 0.107. The Balaban J connectivity index is 1.58. The molecule has 2 heterocycles. The Labute approximate surface area is 182 Å². The molecule has 3 N–H and O–H groups in total. The predicted molar refractivity (Wildman–Crippen MR) is 120 cm³/mol. The number of Topliss-reactive ketones (excluding diaryl/α,β-unsaturated/α-hetero) is 1. The van der Waals surface area contributed by atoms with E-state index in [0.29, 0.717) is 39.9 Å². The Kier molecular flexibility index (Phi) is 4.82. The third kappa shape index (κ3) is 3.35. The van der Waals surface area contributed by atoms with Gasteiger partial charge in [-0.05, 0) is 41.7 Å². The number of fused-ring (bicyclic) bond motifs is 3. The summed E-state index contributed by atoms with van der Waals surface area (Å²) >= 11 is 0. The summed E-state index contributed by atoms with van der Waals surface area (Å²) < 4.78 is 5.33. The monoisotopic (exact) mass is 428 g/mol. The highest BCUT2D eigenvalue weighted by Gasteiger charge is 2.30. The standard InChI is InChI=1S/C24H20N4O4/c1-32-20-9-5-3-7-17(20)26-24-27-22-21(23(31)28-24)15-10-13(11-19(30)16(15)12-25-22)14-6-2-4-8-18(14)29/h2-9,12-13,29H,10-11H2,1H3,(H2,25,26,27,28,31)/t13-/m0/s1. The van der Waals surface area contributed by atoms with Crippen molar-refractivity contribution >= 4 is 28.5 Å². The van der Waals surface area contributed by atoms with Crippen molar-refractivity contribution in [2.45, 2.75) is 18.8 Å². The summed E-state index contributed by atoms with van der Waals surface area (Å²) in [6.07, 6.45) is 2.17. The third-order valence-electron chi connectivity index (χ3n) is 5.76. The largest absolute Gasteiger partial charge is 0.508 e. The number of anilines is 2. The number of hydrogen-bond acceptors (Lipinski definition) is 7. The molecule has 1 aliphatic carbocycles. The van der Waals surface area contributed by atoms with Crippen molar-refractivity contribution in [3.05, 3.63) is 81.8 Å². The number of nitrogens with zero attached hydrogens (tertiary/aromatic N) is 2. The van der Waals surface area contributed by atoms with Gasteiger partial charge in [-0.15, -0.1) is 0 Å². The number of aromatic amines is 1. The molecular weight excluding hydrogens is 408 g/mol. The van der Waals surface area contributed by atoms with Gasteiger partial charge in [0.1, 0.15) is 11.5 Å². The summed E-state index contributed by atoms with van der Waals surface area (Å²) in [6, 6.07) is 14.2. The number of ether oxygens (including phenoxy) is 1. The first-order valence-corrected chi connectivity index (χ1v) is 10.2. The van der Waals surface area contributed by atoms with Crippen LogP contribution in [0.4, 0.5) is 11.6 Å². The number of carbonyl (C=O) groups is 1. The van der Waals surface area contributed by atoms with E-state index in [1.165, 1.54) is 6.20 Å². The fourth-order valence-corrected chi connectivity index (χ4v) is 4.26. The maximum absolute atomic E-state index is 13.1. The number of aromatic hydroxyl groups is 1. The lowest BCUT2D eigenvalue weighted by atomic mass is 9.79. The van der Waals surface area contributed by atoms with E-state index >= 15 is 0 Å². The fraction of sp³-hybridized carbons (Fsp3) is 0.167. The Bertz CT molecular complexity index is 1410. The van der Waals surface area contributed by atoms with Crippen LogP contribution < -0.4 is 15.6 Å². The second-order valence-corrected chi connectivity index (χ2v) is 7.68. The smallest absolute Gasteiger partial charge is 0.262 e. The fourth-order valence-electron chi connectivity index (χ4n) is 4.26. The molecule has 160 valence electrons. The lowest BCUT2D eigenvalue weighted by Gasteiger charge is -2.25. The zero-order chi connectivity index (χ0) is 22.2. The molecule has 0 aliphatic heterocycles. The molecule has 0 unspecified atom stereocenters. The maximum atomic E-state index is 13.1. The van der Waals surface area contributed by atoms with Gasteiger partial charge in [-0.25, -0.2) is 4.98 Å². The molecule has 2 aromatic carbocycles. The molecule has 0 fully saturated rings. The van der Waals surface area contributed by atoms with E-state index in [-0.39, 0.29) is 41.0 Å². The van der Waals surface area contributed by atoms with Crippen molar-refractivity contribution in [1.29, 1.82) is 0 Å². The number of phenols is 1. The lowest BCUT2D eigenvalue weighted by molar-refractivity contribution is 0.0964. The van der Waals surface area contributed by atoms with Gasteiger partial charge in [0.05, 0.1) is 18.2 Å². The quantitative estimate of drug-likeness (QED) is 0.454. The van der Waals surface area contributed by atoms with Gasteiger partial charge in [0, 0.05) is 18.2 Å². The van der Waals surface area contributed by atoms with Crippen molar-refractivity contribution in [3.63, 3.8) is 0 Å². The van der Waals surface area contributed by atoms with E-state index in [2.05, 4.69) is 20.3 Å². The Morgan fingerprint density at radius 3 is 2.69 bits per heavy atom. The molecule has 8 nitrogen and oxygen atoms in total. The number of hydrogen-bond donors (Lipinski definition) is 3. The van der Waals surface area contributed by atoms with Gasteiger partial charge in [0.15, 0.2) is 11.4 Å². The van der Waals surface area contributed by atoms with Crippen LogP contribution >= 0.6 is 0 Å². The number of aromatic nitrogens is 3. The maximum Gasteiger partial charge on any atom is 0.262 e. The molecule has 5 rings (SSSR count). The van der Waals surface area contributed by atoms with E-state index in [9.17, 15) is 14.7 Å². The first kappa shape index (κ1) is 19.7. The lowest BCUT2D eigenvalue weighted by Crippen LogP contribution is -2.23. The van der Waals surface area contributed by atoms with Crippen LogP contribution in [0.25, 0.3) is 11.0 Å². The molecule has 4 aromatic rings. The van der Waals surface area contributed by atoms with E-state index in [1.54, 1.807) is 37.4 Å². The minimum Gasteiger partial charge on any atom is -0.508 e. The van der Waals surface area contributed by atoms with E-state index in [1.807, 2.05) is 18.2 Å². The minimum atomic E-state index is -0.387. The number of para-hydroxylation sites is 3. The first-order valence-electron chi connectivity index (χ1n) is 10.2. The molecule has 32 heavy (non-hydrogen) atoms. The van der Waals surface area contributed by atoms with Gasteiger partial charge in [-0.2, -0.15) is 4.98 Å². The highest BCUT2D eigenvalue weighted by atomic mass is 16.5. The number of methoxy groups -OCH3 is 1. The number of H-pyrrole nitrogens is 1. The molecule has 1 aliphatic rings. The van der Waals surface area contributed by atoms with E-state index in [4.69, 9.17) is 4.74 Å². The van der Waals surface area contributed by atoms with Crippen LogP contribution in [0.3, 0.4) is 0 Å². The summed E-state index contributed by atoms with van der Waals surface area (Å²) in [7, 11) is 1.56. The Morgan fingerprint density at radius 2 is 1.88 bits per heavy atom. The molecule has 0 radical (unpaired) electrons. The molecular formula is C24H20N4O4. The molecule has 2 aromatic heterocycles. The van der Waals surface area contributed by atoms with Crippen molar-refractivity contribution in [2.75, 3.05) is 12.4 Å². The van der Waals surface area contributed by atoms with Gasteiger partial charge in [-0.1, -0.05) is 30.3 Å². The number of pyridine rings is 1.